The first-order valence-electron chi connectivity index (χ1n) is 4.74. The number of hydrogen-bond donors (Lipinski definition) is 0. The first kappa shape index (κ1) is 12.6. The van der Waals surface area contributed by atoms with Crippen molar-refractivity contribution in [2.75, 3.05) is 12.9 Å². The molecule has 0 aliphatic rings. The normalized spacial score (nSPS) is 11.1. The van der Waals surface area contributed by atoms with Crippen LogP contribution < -0.4 is 0 Å². The first-order chi connectivity index (χ1) is 7.49. The fourth-order valence-corrected chi connectivity index (χ4v) is 2.18. The van der Waals surface area contributed by atoms with Gasteiger partial charge in [0.2, 0.25) is 0 Å². The van der Waals surface area contributed by atoms with Crippen molar-refractivity contribution in [3.05, 3.63) is 24.0 Å². The average molecular weight is 243 g/mol. The summed E-state index contributed by atoms with van der Waals surface area (Å²) in [6.45, 7) is 1.92. The number of methoxy groups -OCH3 is 1. The van der Waals surface area contributed by atoms with Crippen LogP contribution in [0.3, 0.4) is 0 Å². The molecule has 6 heteroatoms. The summed E-state index contributed by atoms with van der Waals surface area (Å²) >= 11 is 0. The third kappa shape index (κ3) is 3.03. The summed E-state index contributed by atoms with van der Waals surface area (Å²) in [5.41, 5.74) is 0.803. The molecule has 0 saturated heterocycles. The van der Waals surface area contributed by atoms with E-state index in [0.717, 1.165) is 19.2 Å². The smallest absolute Gasteiger partial charge is 0.321 e. The Labute approximate surface area is 94.4 Å². The lowest BCUT2D eigenvalue weighted by atomic mass is 10.3. The summed E-state index contributed by atoms with van der Waals surface area (Å²) in [5.74, 6) is -1.43. The molecule has 1 heterocycles. The zero-order valence-electron chi connectivity index (χ0n) is 9.13. The lowest BCUT2D eigenvalue weighted by Crippen LogP contribution is -2.17. The van der Waals surface area contributed by atoms with Crippen LogP contribution in [0.5, 0.6) is 0 Å². The molecule has 1 rings (SSSR count). The SMILES string of the molecule is CCc1ccc(S(=O)(=O)CC(=O)OC)cn1. The summed E-state index contributed by atoms with van der Waals surface area (Å²) in [5, 5.41) is 0. The molecule has 1 aromatic heterocycles. The van der Waals surface area contributed by atoms with E-state index in [1.165, 1.54) is 12.3 Å². The van der Waals surface area contributed by atoms with Gasteiger partial charge in [0, 0.05) is 11.9 Å². The molecular formula is C10H13NO4S. The molecular weight excluding hydrogens is 230 g/mol. The van der Waals surface area contributed by atoms with Gasteiger partial charge in [0.25, 0.3) is 0 Å². The molecule has 0 radical (unpaired) electrons. The predicted molar refractivity (Wildman–Crippen MR) is 57.7 cm³/mol. The van der Waals surface area contributed by atoms with Crippen LogP contribution in [0.4, 0.5) is 0 Å². The summed E-state index contributed by atoms with van der Waals surface area (Å²) in [4.78, 5) is 14.9. The third-order valence-corrected chi connectivity index (χ3v) is 3.63. The monoisotopic (exact) mass is 243 g/mol. The Kier molecular flexibility index (Phi) is 4.00. The van der Waals surface area contributed by atoms with Crippen LogP contribution in [-0.4, -0.2) is 32.2 Å². The second kappa shape index (κ2) is 5.07. The topological polar surface area (TPSA) is 73.3 Å². The highest BCUT2D eigenvalue weighted by Gasteiger charge is 2.19. The predicted octanol–water partition coefficient (Wildman–Crippen LogP) is 0.591. The van der Waals surface area contributed by atoms with Gasteiger partial charge in [-0.25, -0.2) is 8.42 Å². The van der Waals surface area contributed by atoms with Gasteiger partial charge < -0.3 is 4.74 Å². The van der Waals surface area contributed by atoms with Crippen molar-refractivity contribution in [1.29, 1.82) is 0 Å². The van der Waals surface area contributed by atoms with Crippen molar-refractivity contribution in [3.8, 4) is 0 Å². The highest BCUT2D eigenvalue weighted by molar-refractivity contribution is 7.92. The van der Waals surface area contributed by atoms with E-state index in [1.54, 1.807) is 6.07 Å². The van der Waals surface area contributed by atoms with E-state index in [9.17, 15) is 13.2 Å². The highest BCUT2D eigenvalue weighted by atomic mass is 32.2. The number of ether oxygens (including phenoxy) is 1. The van der Waals surface area contributed by atoms with E-state index in [0.29, 0.717) is 0 Å². The van der Waals surface area contributed by atoms with Crippen molar-refractivity contribution in [2.24, 2.45) is 0 Å². The van der Waals surface area contributed by atoms with Gasteiger partial charge in [-0.3, -0.25) is 9.78 Å². The highest BCUT2D eigenvalue weighted by Crippen LogP contribution is 2.10. The van der Waals surface area contributed by atoms with Crippen molar-refractivity contribution >= 4 is 15.8 Å². The van der Waals surface area contributed by atoms with Crippen molar-refractivity contribution in [1.82, 2.24) is 4.98 Å². The molecule has 0 spiro atoms. The van der Waals surface area contributed by atoms with E-state index in [4.69, 9.17) is 0 Å². The lowest BCUT2D eigenvalue weighted by Gasteiger charge is -2.03. The van der Waals surface area contributed by atoms with Crippen molar-refractivity contribution in [2.45, 2.75) is 18.2 Å². The first-order valence-corrected chi connectivity index (χ1v) is 6.39. The fraction of sp³-hybridized carbons (Fsp3) is 0.400. The minimum Gasteiger partial charge on any atom is -0.468 e. The molecule has 0 aliphatic heterocycles. The number of aromatic nitrogens is 1. The molecule has 1 aromatic rings. The Morgan fingerprint density at radius 1 is 1.44 bits per heavy atom. The molecule has 0 aliphatic carbocycles. The minimum atomic E-state index is -3.63. The van der Waals surface area contributed by atoms with Gasteiger partial charge in [0.1, 0.15) is 0 Å². The van der Waals surface area contributed by atoms with E-state index < -0.39 is 21.6 Å². The lowest BCUT2D eigenvalue weighted by molar-refractivity contribution is -0.137. The number of pyridine rings is 1. The van der Waals surface area contributed by atoms with E-state index >= 15 is 0 Å². The second-order valence-corrected chi connectivity index (χ2v) is 5.16. The number of sulfone groups is 1. The molecule has 0 aromatic carbocycles. The number of hydrogen-bond acceptors (Lipinski definition) is 5. The summed E-state index contributed by atoms with van der Waals surface area (Å²) in [7, 11) is -2.48. The van der Waals surface area contributed by atoms with Gasteiger partial charge >= 0.3 is 5.97 Å². The minimum absolute atomic E-state index is 0.0371. The maximum atomic E-state index is 11.7. The van der Waals surface area contributed by atoms with Crippen LogP contribution in [0.15, 0.2) is 23.2 Å². The van der Waals surface area contributed by atoms with Gasteiger partial charge in [-0.15, -0.1) is 0 Å². The molecule has 0 bridgehead atoms. The summed E-state index contributed by atoms with van der Waals surface area (Å²) in [6, 6.07) is 3.08. The maximum absolute atomic E-state index is 11.7. The van der Waals surface area contributed by atoms with E-state index in [1.807, 2.05) is 6.92 Å². The Balaban J connectivity index is 2.94. The number of nitrogens with zero attached hydrogens (tertiary/aromatic N) is 1. The van der Waals surface area contributed by atoms with Gasteiger partial charge in [-0.2, -0.15) is 0 Å². The summed E-state index contributed by atoms with van der Waals surface area (Å²) in [6.07, 6.45) is 1.99. The van der Waals surface area contributed by atoms with Crippen LogP contribution in [-0.2, 0) is 25.8 Å². The summed E-state index contributed by atoms with van der Waals surface area (Å²) < 4.78 is 27.6. The fourth-order valence-electron chi connectivity index (χ4n) is 1.10. The van der Waals surface area contributed by atoms with Gasteiger partial charge in [-0.1, -0.05) is 6.92 Å². The molecule has 0 N–H and O–H groups in total. The van der Waals surface area contributed by atoms with Crippen LogP contribution in [0.1, 0.15) is 12.6 Å². The van der Waals surface area contributed by atoms with E-state index in [-0.39, 0.29) is 4.90 Å². The molecule has 0 unspecified atom stereocenters. The van der Waals surface area contributed by atoms with Crippen LogP contribution in [0, 0.1) is 0 Å². The average Bonchev–Trinajstić information content (AvgIpc) is 2.28. The maximum Gasteiger partial charge on any atom is 0.321 e. The van der Waals surface area contributed by atoms with Crippen LogP contribution in [0.25, 0.3) is 0 Å². The molecule has 0 atom stereocenters. The Bertz CT molecular complexity index is 464. The number of carbonyl (C=O) groups is 1. The van der Waals surface area contributed by atoms with E-state index in [2.05, 4.69) is 9.72 Å². The zero-order valence-corrected chi connectivity index (χ0v) is 9.95. The van der Waals surface area contributed by atoms with Crippen molar-refractivity contribution in [3.63, 3.8) is 0 Å². The standard InChI is InChI=1S/C10H13NO4S/c1-3-8-4-5-9(6-11-8)16(13,14)7-10(12)15-2/h4-6H,3,7H2,1-2H3. The molecule has 0 fully saturated rings. The van der Waals surface area contributed by atoms with Crippen LogP contribution in [0.2, 0.25) is 0 Å². The van der Waals surface area contributed by atoms with Gasteiger partial charge in [-0.05, 0) is 18.6 Å². The zero-order chi connectivity index (χ0) is 12.2. The second-order valence-electron chi connectivity index (χ2n) is 3.17. The molecule has 0 saturated carbocycles. The Morgan fingerprint density at radius 2 is 2.12 bits per heavy atom. The third-order valence-electron chi connectivity index (χ3n) is 2.05. The van der Waals surface area contributed by atoms with Gasteiger partial charge in [0.15, 0.2) is 15.6 Å². The van der Waals surface area contributed by atoms with Gasteiger partial charge in [0.05, 0.1) is 12.0 Å². The number of carbonyl (C=O) groups excluding carboxylic acids is 1. The largest absolute Gasteiger partial charge is 0.468 e. The van der Waals surface area contributed by atoms with Crippen LogP contribution >= 0.6 is 0 Å². The molecule has 5 nitrogen and oxygen atoms in total. The number of esters is 1. The molecule has 88 valence electrons. The molecule has 0 amide bonds. The number of rotatable bonds is 4. The van der Waals surface area contributed by atoms with Crippen molar-refractivity contribution < 1.29 is 17.9 Å². The Hall–Kier alpha value is -1.43. The quantitative estimate of drug-likeness (QED) is 0.724. The number of aryl methyl sites for hydroxylation is 1. The Morgan fingerprint density at radius 3 is 2.56 bits per heavy atom. The molecule has 16 heavy (non-hydrogen) atoms.